The molecule has 0 bridgehead atoms. The fraction of sp³-hybridized carbons (Fsp3) is 0.125. The summed E-state index contributed by atoms with van der Waals surface area (Å²) in [5, 5.41) is 2.66. The van der Waals surface area contributed by atoms with Gasteiger partial charge in [0.05, 0.1) is 15.9 Å². The molecule has 0 saturated carbocycles. The van der Waals surface area contributed by atoms with Crippen molar-refractivity contribution in [3.8, 4) is 0 Å². The number of nitrogens with one attached hydrogen (secondary N) is 3. The smallest absolute Gasteiger partial charge is 0.257 e. The molecule has 1 heterocycles. The maximum absolute atomic E-state index is 12.2. The fourth-order valence-corrected chi connectivity index (χ4v) is 3.29. The summed E-state index contributed by atoms with van der Waals surface area (Å²) in [5.74, 6) is -0.0352. The third-order valence-corrected chi connectivity index (χ3v) is 4.94. The van der Waals surface area contributed by atoms with Gasteiger partial charge in [-0.15, -0.1) is 0 Å². The molecule has 0 radical (unpaired) electrons. The zero-order valence-corrected chi connectivity index (χ0v) is 13.7. The van der Waals surface area contributed by atoms with E-state index in [2.05, 4.69) is 20.0 Å². The largest absolute Gasteiger partial charge is 0.324 e. The number of benzene rings is 2. The summed E-state index contributed by atoms with van der Waals surface area (Å²) in [4.78, 5) is 19.6. The van der Waals surface area contributed by atoms with E-state index in [0.29, 0.717) is 18.1 Å². The van der Waals surface area contributed by atoms with Crippen LogP contribution in [0.3, 0.4) is 0 Å². The number of fused-ring (bicyclic) bond motifs is 1. The number of imidazole rings is 1. The molecule has 1 amide bonds. The van der Waals surface area contributed by atoms with E-state index in [-0.39, 0.29) is 10.8 Å². The Balaban J connectivity index is 1.77. The van der Waals surface area contributed by atoms with Gasteiger partial charge in [0.1, 0.15) is 0 Å². The third kappa shape index (κ3) is 3.29. The van der Waals surface area contributed by atoms with Gasteiger partial charge in [-0.1, -0.05) is 19.1 Å². The lowest BCUT2D eigenvalue weighted by Crippen LogP contribution is -2.23. The number of H-pyrrole nitrogens is 1. The number of rotatable bonds is 5. The second kappa shape index (κ2) is 6.42. The van der Waals surface area contributed by atoms with Crippen LogP contribution in [0.25, 0.3) is 11.0 Å². The van der Waals surface area contributed by atoms with E-state index < -0.39 is 10.0 Å². The van der Waals surface area contributed by atoms with Gasteiger partial charge in [0.15, 0.2) is 0 Å². The number of hydrogen-bond acceptors (Lipinski definition) is 4. The standard InChI is InChI=1S/C16H16N4O3S/c1-2-17-24(22,23)12-9-7-11(8-10-12)15(21)20-16-18-13-5-3-4-6-14(13)19-16/h3-10,17H,2H2,1H3,(H2,18,19,20,21). The molecule has 0 aliphatic carbocycles. The van der Waals surface area contributed by atoms with E-state index in [1.807, 2.05) is 24.3 Å². The van der Waals surface area contributed by atoms with Gasteiger partial charge in [-0.25, -0.2) is 18.1 Å². The summed E-state index contributed by atoms with van der Waals surface area (Å²) in [6, 6.07) is 13.1. The van der Waals surface area contributed by atoms with Crippen LogP contribution in [0.2, 0.25) is 0 Å². The summed E-state index contributed by atoms with van der Waals surface area (Å²) < 4.78 is 26.2. The molecule has 0 unspecified atom stereocenters. The highest BCUT2D eigenvalue weighted by atomic mass is 32.2. The summed E-state index contributed by atoms with van der Waals surface area (Å²) in [7, 11) is -3.53. The number of carbonyl (C=O) groups excluding carboxylic acids is 1. The lowest BCUT2D eigenvalue weighted by molar-refractivity contribution is 0.102. The molecular weight excluding hydrogens is 328 g/mol. The van der Waals surface area contributed by atoms with Crippen molar-refractivity contribution < 1.29 is 13.2 Å². The zero-order chi connectivity index (χ0) is 17.2. The molecular formula is C16H16N4O3S. The Morgan fingerprint density at radius 2 is 1.83 bits per heavy atom. The van der Waals surface area contributed by atoms with Crippen LogP contribution < -0.4 is 10.0 Å². The molecule has 1 aromatic heterocycles. The molecule has 0 spiro atoms. The van der Waals surface area contributed by atoms with Gasteiger partial charge >= 0.3 is 0 Å². The van der Waals surface area contributed by atoms with Gasteiger partial charge in [0.2, 0.25) is 16.0 Å². The van der Waals surface area contributed by atoms with E-state index in [0.717, 1.165) is 11.0 Å². The van der Waals surface area contributed by atoms with Gasteiger partial charge in [-0.3, -0.25) is 10.1 Å². The number of carbonyl (C=O) groups is 1. The Morgan fingerprint density at radius 1 is 1.12 bits per heavy atom. The van der Waals surface area contributed by atoms with E-state index in [9.17, 15) is 13.2 Å². The topological polar surface area (TPSA) is 104 Å². The normalized spacial score (nSPS) is 11.5. The second-order valence-electron chi connectivity index (χ2n) is 5.08. The second-order valence-corrected chi connectivity index (χ2v) is 6.85. The number of aromatic amines is 1. The Morgan fingerprint density at radius 3 is 2.50 bits per heavy atom. The lowest BCUT2D eigenvalue weighted by Gasteiger charge is -2.06. The van der Waals surface area contributed by atoms with Crippen molar-refractivity contribution in [3.63, 3.8) is 0 Å². The highest BCUT2D eigenvalue weighted by molar-refractivity contribution is 7.89. The first-order chi connectivity index (χ1) is 11.5. The molecule has 3 rings (SSSR count). The first kappa shape index (κ1) is 16.2. The number of hydrogen-bond donors (Lipinski definition) is 3. The molecule has 7 nitrogen and oxygen atoms in total. The van der Waals surface area contributed by atoms with Gasteiger partial charge in [0, 0.05) is 12.1 Å². The maximum atomic E-state index is 12.2. The molecule has 0 fully saturated rings. The predicted octanol–water partition coefficient (Wildman–Crippen LogP) is 2.11. The van der Waals surface area contributed by atoms with Crippen LogP contribution in [-0.4, -0.2) is 30.8 Å². The molecule has 0 atom stereocenters. The number of anilines is 1. The molecule has 8 heteroatoms. The molecule has 0 aliphatic heterocycles. The molecule has 0 saturated heterocycles. The maximum Gasteiger partial charge on any atom is 0.257 e. The molecule has 0 aliphatic rings. The number of sulfonamides is 1. The van der Waals surface area contributed by atoms with Crippen molar-refractivity contribution in [1.29, 1.82) is 0 Å². The molecule has 124 valence electrons. The van der Waals surface area contributed by atoms with Crippen LogP contribution in [0.15, 0.2) is 53.4 Å². The Hall–Kier alpha value is -2.71. The zero-order valence-electron chi connectivity index (χ0n) is 12.9. The first-order valence-electron chi connectivity index (χ1n) is 7.35. The SMILES string of the molecule is CCNS(=O)(=O)c1ccc(C(=O)Nc2nc3ccccc3[nH]2)cc1. The highest BCUT2D eigenvalue weighted by Gasteiger charge is 2.14. The lowest BCUT2D eigenvalue weighted by atomic mass is 10.2. The van der Waals surface area contributed by atoms with Crippen molar-refractivity contribution in [3.05, 3.63) is 54.1 Å². The summed E-state index contributed by atoms with van der Waals surface area (Å²) in [6.45, 7) is 2.00. The minimum absolute atomic E-state index is 0.115. The third-order valence-electron chi connectivity index (χ3n) is 3.38. The van der Waals surface area contributed by atoms with E-state index in [1.54, 1.807) is 6.92 Å². The van der Waals surface area contributed by atoms with Gasteiger partial charge in [-0.05, 0) is 36.4 Å². The molecule has 3 N–H and O–H groups in total. The minimum atomic E-state index is -3.53. The molecule has 3 aromatic rings. The van der Waals surface area contributed by atoms with E-state index in [1.165, 1.54) is 24.3 Å². The number of aromatic nitrogens is 2. The van der Waals surface area contributed by atoms with Crippen LogP contribution in [0, 0.1) is 0 Å². The highest BCUT2D eigenvalue weighted by Crippen LogP contribution is 2.15. The van der Waals surface area contributed by atoms with Gasteiger partial charge in [-0.2, -0.15) is 0 Å². The van der Waals surface area contributed by atoms with Crippen molar-refractivity contribution in [2.45, 2.75) is 11.8 Å². The quantitative estimate of drug-likeness (QED) is 0.659. The number of nitrogens with zero attached hydrogens (tertiary/aromatic N) is 1. The van der Waals surface area contributed by atoms with Crippen molar-refractivity contribution in [2.24, 2.45) is 0 Å². The summed E-state index contributed by atoms with van der Waals surface area (Å²) >= 11 is 0. The number of para-hydroxylation sites is 2. The first-order valence-corrected chi connectivity index (χ1v) is 8.84. The predicted molar refractivity (Wildman–Crippen MR) is 91.4 cm³/mol. The van der Waals surface area contributed by atoms with Crippen LogP contribution in [0.1, 0.15) is 17.3 Å². The summed E-state index contributed by atoms with van der Waals surface area (Å²) in [6.07, 6.45) is 0. The molecule has 24 heavy (non-hydrogen) atoms. The van der Waals surface area contributed by atoms with E-state index in [4.69, 9.17) is 0 Å². The average molecular weight is 344 g/mol. The monoisotopic (exact) mass is 344 g/mol. The van der Waals surface area contributed by atoms with Crippen molar-refractivity contribution in [2.75, 3.05) is 11.9 Å². The van der Waals surface area contributed by atoms with Crippen LogP contribution in [0.5, 0.6) is 0 Å². The van der Waals surface area contributed by atoms with Crippen molar-refractivity contribution >= 4 is 32.9 Å². The van der Waals surface area contributed by atoms with Crippen LogP contribution >= 0.6 is 0 Å². The average Bonchev–Trinajstić information content (AvgIpc) is 2.97. The minimum Gasteiger partial charge on any atom is -0.324 e. The van der Waals surface area contributed by atoms with Gasteiger partial charge < -0.3 is 4.98 Å². The van der Waals surface area contributed by atoms with Crippen molar-refractivity contribution in [1.82, 2.24) is 14.7 Å². The fourth-order valence-electron chi connectivity index (χ4n) is 2.25. The Bertz CT molecular complexity index is 945. The Kier molecular flexibility index (Phi) is 4.32. The van der Waals surface area contributed by atoms with E-state index >= 15 is 0 Å². The van der Waals surface area contributed by atoms with Crippen LogP contribution in [0.4, 0.5) is 5.95 Å². The summed E-state index contributed by atoms with van der Waals surface area (Å²) in [5.41, 5.74) is 1.91. The number of amides is 1. The van der Waals surface area contributed by atoms with Gasteiger partial charge in [0.25, 0.3) is 5.91 Å². The Labute approximate surface area is 139 Å². The molecule has 2 aromatic carbocycles. The van der Waals surface area contributed by atoms with Crippen LogP contribution in [-0.2, 0) is 10.0 Å².